The minimum absolute atomic E-state index is 0.761. The zero-order chi connectivity index (χ0) is 11.2. The molecule has 0 bridgehead atoms. The highest BCUT2D eigenvalue weighted by molar-refractivity contribution is 5.09. The van der Waals surface area contributed by atoms with Crippen LogP contribution in [0.1, 0.15) is 18.4 Å². The van der Waals surface area contributed by atoms with E-state index in [0.29, 0.717) is 0 Å². The molecule has 0 amide bonds. The molecule has 0 radical (unpaired) electrons. The van der Waals surface area contributed by atoms with Crippen LogP contribution < -0.4 is 5.73 Å². The van der Waals surface area contributed by atoms with Gasteiger partial charge >= 0.3 is 0 Å². The number of pyridine rings is 1. The molecule has 1 fully saturated rings. The first-order chi connectivity index (χ1) is 7.88. The van der Waals surface area contributed by atoms with Gasteiger partial charge in [0.05, 0.1) is 0 Å². The lowest BCUT2D eigenvalue weighted by atomic mass is 9.97. The molecule has 88 valence electrons. The molecule has 1 saturated heterocycles. The topological polar surface area (TPSA) is 42.1 Å². The van der Waals surface area contributed by atoms with Gasteiger partial charge in [-0.25, -0.2) is 0 Å². The molecule has 0 saturated carbocycles. The number of rotatable bonds is 4. The third-order valence-corrected chi connectivity index (χ3v) is 3.51. The van der Waals surface area contributed by atoms with Crippen molar-refractivity contribution in [2.75, 3.05) is 26.2 Å². The molecule has 0 aromatic carbocycles. The molecular formula is C13H21N3. The summed E-state index contributed by atoms with van der Waals surface area (Å²) < 4.78 is 0. The summed E-state index contributed by atoms with van der Waals surface area (Å²) in [6.45, 7) is 4.46. The molecule has 0 spiro atoms. The van der Waals surface area contributed by atoms with E-state index < -0.39 is 0 Å². The SMILES string of the molecule is NCC1CCN(CCc2ccncc2)CC1. The normalized spacial score (nSPS) is 18.8. The summed E-state index contributed by atoms with van der Waals surface area (Å²) in [7, 11) is 0. The summed E-state index contributed by atoms with van der Waals surface area (Å²) in [5.74, 6) is 0.761. The molecule has 1 aliphatic rings. The van der Waals surface area contributed by atoms with Crippen molar-refractivity contribution in [2.24, 2.45) is 11.7 Å². The van der Waals surface area contributed by atoms with Gasteiger partial charge in [-0.1, -0.05) is 0 Å². The van der Waals surface area contributed by atoms with Crippen LogP contribution in [0, 0.1) is 5.92 Å². The van der Waals surface area contributed by atoms with E-state index in [1.54, 1.807) is 0 Å². The molecule has 16 heavy (non-hydrogen) atoms. The van der Waals surface area contributed by atoms with Gasteiger partial charge in [-0.3, -0.25) is 4.98 Å². The van der Waals surface area contributed by atoms with E-state index in [9.17, 15) is 0 Å². The van der Waals surface area contributed by atoms with E-state index in [4.69, 9.17) is 5.73 Å². The zero-order valence-electron chi connectivity index (χ0n) is 9.81. The van der Waals surface area contributed by atoms with Crippen molar-refractivity contribution >= 4 is 0 Å². The Morgan fingerprint density at radius 3 is 2.56 bits per heavy atom. The first-order valence-electron chi connectivity index (χ1n) is 6.20. The van der Waals surface area contributed by atoms with E-state index in [2.05, 4.69) is 22.0 Å². The molecule has 2 N–H and O–H groups in total. The molecule has 3 heteroatoms. The molecule has 2 heterocycles. The van der Waals surface area contributed by atoms with Crippen LogP contribution in [0.4, 0.5) is 0 Å². The summed E-state index contributed by atoms with van der Waals surface area (Å²) in [5.41, 5.74) is 7.07. The molecule has 3 nitrogen and oxygen atoms in total. The molecular weight excluding hydrogens is 198 g/mol. The van der Waals surface area contributed by atoms with Crippen LogP contribution in [0.5, 0.6) is 0 Å². The molecule has 1 aromatic rings. The Morgan fingerprint density at radius 2 is 1.94 bits per heavy atom. The number of nitrogens with zero attached hydrogens (tertiary/aromatic N) is 2. The highest BCUT2D eigenvalue weighted by Gasteiger charge is 2.17. The van der Waals surface area contributed by atoms with E-state index in [1.165, 1.54) is 38.0 Å². The maximum atomic E-state index is 5.69. The summed E-state index contributed by atoms with van der Waals surface area (Å²) in [6.07, 6.45) is 7.42. The van der Waals surface area contributed by atoms with Gasteiger partial charge < -0.3 is 10.6 Å². The number of aromatic nitrogens is 1. The van der Waals surface area contributed by atoms with Crippen LogP contribution in [0.3, 0.4) is 0 Å². The average Bonchev–Trinajstić information content (AvgIpc) is 2.38. The van der Waals surface area contributed by atoms with Gasteiger partial charge in [0.2, 0.25) is 0 Å². The van der Waals surface area contributed by atoms with Crippen LogP contribution >= 0.6 is 0 Å². The smallest absolute Gasteiger partial charge is 0.0270 e. The van der Waals surface area contributed by atoms with E-state index >= 15 is 0 Å². The Balaban J connectivity index is 1.72. The van der Waals surface area contributed by atoms with E-state index in [-0.39, 0.29) is 0 Å². The molecule has 0 atom stereocenters. The number of hydrogen-bond acceptors (Lipinski definition) is 3. The van der Waals surface area contributed by atoms with Crippen molar-refractivity contribution in [1.29, 1.82) is 0 Å². The number of nitrogens with two attached hydrogens (primary N) is 1. The van der Waals surface area contributed by atoms with E-state index in [0.717, 1.165) is 18.9 Å². The lowest BCUT2D eigenvalue weighted by molar-refractivity contribution is 0.189. The van der Waals surface area contributed by atoms with Crippen molar-refractivity contribution in [3.8, 4) is 0 Å². The standard InChI is InChI=1S/C13H21N3/c14-11-13-4-9-16(10-5-13)8-3-12-1-6-15-7-2-12/h1-2,6-7,13H,3-5,8-11,14H2. The second kappa shape index (κ2) is 5.97. The Hall–Kier alpha value is -0.930. The third-order valence-electron chi connectivity index (χ3n) is 3.51. The summed E-state index contributed by atoms with van der Waals surface area (Å²) in [5, 5.41) is 0. The van der Waals surface area contributed by atoms with Crippen molar-refractivity contribution in [1.82, 2.24) is 9.88 Å². The Bertz CT molecular complexity index is 291. The fourth-order valence-electron chi connectivity index (χ4n) is 2.28. The maximum Gasteiger partial charge on any atom is 0.0270 e. The third kappa shape index (κ3) is 3.29. The average molecular weight is 219 g/mol. The Kier molecular flexibility index (Phi) is 4.31. The fourth-order valence-corrected chi connectivity index (χ4v) is 2.28. The van der Waals surface area contributed by atoms with Crippen LogP contribution in [0.25, 0.3) is 0 Å². The van der Waals surface area contributed by atoms with Crippen molar-refractivity contribution < 1.29 is 0 Å². The second-order valence-corrected chi connectivity index (χ2v) is 4.63. The first kappa shape index (κ1) is 11.6. The van der Waals surface area contributed by atoms with Crippen molar-refractivity contribution in [2.45, 2.75) is 19.3 Å². The van der Waals surface area contributed by atoms with Crippen LogP contribution in [0.2, 0.25) is 0 Å². The molecule has 0 unspecified atom stereocenters. The highest BCUT2D eigenvalue weighted by atomic mass is 15.1. The summed E-state index contributed by atoms with van der Waals surface area (Å²) in [4.78, 5) is 6.58. The van der Waals surface area contributed by atoms with Gasteiger partial charge in [-0.2, -0.15) is 0 Å². The monoisotopic (exact) mass is 219 g/mol. The van der Waals surface area contributed by atoms with Crippen LogP contribution in [-0.2, 0) is 6.42 Å². The molecule has 0 aliphatic carbocycles. The predicted molar refractivity (Wildman–Crippen MR) is 66.2 cm³/mol. The lowest BCUT2D eigenvalue weighted by Crippen LogP contribution is -2.37. The molecule has 2 rings (SSSR count). The van der Waals surface area contributed by atoms with Crippen molar-refractivity contribution in [3.05, 3.63) is 30.1 Å². The Labute approximate surface area is 97.7 Å². The maximum absolute atomic E-state index is 5.69. The van der Waals surface area contributed by atoms with Gasteiger partial charge in [0.1, 0.15) is 0 Å². The predicted octanol–water partition coefficient (Wildman–Crippen LogP) is 1.29. The van der Waals surface area contributed by atoms with Crippen LogP contribution in [0.15, 0.2) is 24.5 Å². The zero-order valence-corrected chi connectivity index (χ0v) is 9.81. The lowest BCUT2D eigenvalue weighted by Gasteiger charge is -2.31. The molecule has 1 aliphatic heterocycles. The minimum Gasteiger partial charge on any atom is -0.330 e. The van der Waals surface area contributed by atoms with Gasteiger partial charge in [0.25, 0.3) is 0 Å². The fraction of sp³-hybridized carbons (Fsp3) is 0.615. The summed E-state index contributed by atoms with van der Waals surface area (Å²) in [6, 6.07) is 4.21. The van der Waals surface area contributed by atoms with Gasteiger partial charge in [0, 0.05) is 18.9 Å². The van der Waals surface area contributed by atoms with E-state index in [1.807, 2.05) is 12.4 Å². The molecule has 1 aromatic heterocycles. The highest BCUT2D eigenvalue weighted by Crippen LogP contribution is 2.15. The summed E-state index contributed by atoms with van der Waals surface area (Å²) >= 11 is 0. The largest absolute Gasteiger partial charge is 0.330 e. The van der Waals surface area contributed by atoms with Gasteiger partial charge in [0.15, 0.2) is 0 Å². The number of piperidine rings is 1. The number of likely N-dealkylation sites (tertiary alicyclic amines) is 1. The van der Waals surface area contributed by atoms with Crippen LogP contribution in [-0.4, -0.2) is 36.1 Å². The van der Waals surface area contributed by atoms with Gasteiger partial charge in [-0.05, 0) is 62.5 Å². The number of hydrogen-bond donors (Lipinski definition) is 1. The minimum atomic E-state index is 0.761. The Morgan fingerprint density at radius 1 is 1.25 bits per heavy atom. The van der Waals surface area contributed by atoms with Gasteiger partial charge in [-0.15, -0.1) is 0 Å². The quantitative estimate of drug-likeness (QED) is 0.830. The van der Waals surface area contributed by atoms with Crippen molar-refractivity contribution in [3.63, 3.8) is 0 Å². The first-order valence-corrected chi connectivity index (χ1v) is 6.20. The second-order valence-electron chi connectivity index (χ2n) is 4.63.